The van der Waals surface area contributed by atoms with Crippen molar-refractivity contribution in [3.05, 3.63) is 87.9 Å². The van der Waals surface area contributed by atoms with Gasteiger partial charge in [-0.15, -0.1) is 11.3 Å². The van der Waals surface area contributed by atoms with Gasteiger partial charge < -0.3 is 10.6 Å². The van der Waals surface area contributed by atoms with Crippen molar-refractivity contribution in [2.45, 2.75) is 13.0 Å². The molecule has 0 spiro atoms. The molecule has 1 heterocycles. The quantitative estimate of drug-likeness (QED) is 0.623. The zero-order chi connectivity index (χ0) is 16.9. The van der Waals surface area contributed by atoms with Gasteiger partial charge in [0.2, 0.25) is 0 Å². The summed E-state index contributed by atoms with van der Waals surface area (Å²) in [6.45, 7) is 2.06. The third-order valence-electron chi connectivity index (χ3n) is 3.64. The van der Waals surface area contributed by atoms with Crippen LogP contribution in [-0.2, 0) is 0 Å². The fraction of sp³-hybridized carbons (Fsp3) is 0.105. The number of hydrogen-bond donors (Lipinski definition) is 2. The van der Waals surface area contributed by atoms with Crippen molar-refractivity contribution in [1.82, 2.24) is 5.32 Å². The molecule has 0 unspecified atom stereocenters. The zero-order valence-electron chi connectivity index (χ0n) is 13.1. The molecule has 24 heavy (non-hydrogen) atoms. The van der Waals surface area contributed by atoms with Crippen LogP contribution < -0.4 is 10.6 Å². The number of thiophene rings is 1. The third kappa shape index (κ3) is 3.99. The van der Waals surface area contributed by atoms with Crippen LogP contribution in [0.25, 0.3) is 0 Å². The minimum Gasteiger partial charge on any atom is -0.351 e. The second kappa shape index (κ2) is 7.55. The highest BCUT2D eigenvalue weighted by Crippen LogP contribution is 2.26. The summed E-state index contributed by atoms with van der Waals surface area (Å²) in [6, 6.07) is 18.8. The third-order valence-corrected chi connectivity index (χ3v) is 4.79. The second-order valence-electron chi connectivity index (χ2n) is 5.44. The molecule has 3 rings (SSSR count). The second-order valence-corrected chi connectivity index (χ2v) is 6.82. The number of hydrogen-bond acceptors (Lipinski definition) is 2. The molecule has 122 valence electrons. The van der Waals surface area contributed by atoms with Crippen molar-refractivity contribution in [2.75, 3.05) is 5.32 Å². The number of thiocarbonyl (C=S) groups is 1. The number of aryl methyl sites for hydroxylation is 1. The van der Waals surface area contributed by atoms with Crippen molar-refractivity contribution in [1.29, 1.82) is 0 Å². The Morgan fingerprint density at radius 3 is 2.46 bits per heavy atom. The van der Waals surface area contributed by atoms with E-state index in [2.05, 4.69) is 47.9 Å². The summed E-state index contributed by atoms with van der Waals surface area (Å²) in [5.74, 6) is -0.329. The Hall–Kier alpha value is -2.24. The van der Waals surface area contributed by atoms with Crippen molar-refractivity contribution >= 4 is 34.4 Å². The summed E-state index contributed by atoms with van der Waals surface area (Å²) in [7, 11) is 0. The van der Waals surface area contributed by atoms with Crippen LogP contribution in [0.2, 0.25) is 0 Å². The number of rotatable bonds is 4. The largest absolute Gasteiger partial charge is 0.351 e. The first-order chi connectivity index (χ1) is 11.6. The molecule has 2 N–H and O–H groups in total. The summed E-state index contributed by atoms with van der Waals surface area (Å²) >= 11 is 7.04. The van der Waals surface area contributed by atoms with Crippen LogP contribution in [0.4, 0.5) is 10.1 Å². The van der Waals surface area contributed by atoms with E-state index in [9.17, 15) is 4.39 Å². The molecule has 0 amide bonds. The van der Waals surface area contributed by atoms with Gasteiger partial charge in [0.15, 0.2) is 5.11 Å². The lowest BCUT2D eigenvalue weighted by atomic mass is 10.0. The number of anilines is 1. The van der Waals surface area contributed by atoms with E-state index in [0.717, 1.165) is 10.4 Å². The van der Waals surface area contributed by atoms with Crippen molar-refractivity contribution in [3.63, 3.8) is 0 Å². The summed E-state index contributed by atoms with van der Waals surface area (Å²) in [4.78, 5) is 1.15. The summed E-state index contributed by atoms with van der Waals surface area (Å²) in [5, 5.41) is 8.65. The van der Waals surface area contributed by atoms with E-state index < -0.39 is 0 Å². The van der Waals surface area contributed by atoms with Crippen LogP contribution in [0.15, 0.2) is 66.0 Å². The molecule has 3 aromatic rings. The Kier molecular flexibility index (Phi) is 5.23. The van der Waals surface area contributed by atoms with E-state index in [-0.39, 0.29) is 11.9 Å². The molecule has 0 aliphatic carbocycles. The summed E-state index contributed by atoms with van der Waals surface area (Å²) in [6.07, 6.45) is 0. The van der Waals surface area contributed by atoms with Crippen LogP contribution >= 0.6 is 23.6 Å². The molecule has 1 aromatic heterocycles. The van der Waals surface area contributed by atoms with Gasteiger partial charge in [-0.2, -0.15) is 0 Å². The maximum absolute atomic E-state index is 13.8. The van der Waals surface area contributed by atoms with Crippen LogP contribution in [0.5, 0.6) is 0 Å². The van der Waals surface area contributed by atoms with Gasteiger partial charge in [-0.25, -0.2) is 4.39 Å². The number of nitrogens with one attached hydrogen (secondary N) is 2. The summed E-state index contributed by atoms with van der Waals surface area (Å²) in [5.41, 5.74) is 2.68. The first-order valence-electron chi connectivity index (χ1n) is 7.55. The molecule has 0 bridgehead atoms. The monoisotopic (exact) mass is 356 g/mol. The highest BCUT2D eigenvalue weighted by Gasteiger charge is 2.16. The Labute approximate surface area is 150 Å². The average molecular weight is 356 g/mol. The predicted molar refractivity (Wildman–Crippen MR) is 103 cm³/mol. The van der Waals surface area contributed by atoms with E-state index in [4.69, 9.17) is 12.2 Å². The SMILES string of the molecule is Cc1ccc([C@H](NC(=S)Nc2ccccc2F)c2cccs2)cc1. The maximum Gasteiger partial charge on any atom is 0.171 e. The van der Waals surface area contributed by atoms with Crippen molar-refractivity contribution in [2.24, 2.45) is 0 Å². The molecule has 0 saturated heterocycles. The molecule has 5 heteroatoms. The lowest BCUT2D eigenvalue weighted by Gasteiger charge is -2.21. The number of para-hydroxylation sites is 1. The standard InChI is InChI=1S/C19H17FN2S2/c1-13-8-10-14(11-9-13)18(17-7-4-12-24-17)22-19(23)21-16-6-3-2-5-15(16)20/h2-12,18H,1H3,(H2,21,22,23)/t18-/m0/s1. The van der Waals surface area contributed by atoms with Gasteiger partial charge in [0.05, 0.1) is 11.7 Å². The maximum atomic E-state index is 13.8. The first-order valence-corrected chi connectivity index (χ1v) is 8.84. The van der Waals surface area contributed by atoms with E-state index >= 15 is 0 Å². The molecule has 0 radical (unpaired) electrons. The van der Waals surface area contributed by atoms with E-state index in [1.54, 1.807) is 29.5 Å². The van der Waals surface area contributed by atoms with Gasteiger partial charge in [-0.1, -0.05) is 48.0 Å². The molecular formula is C19H17FN2S2. The fourth-order valence-electron chi connectivity index (χ4n) is 2.39. The average Bonchev–Trinajstić information content (AvgIpc) is 3.10. The Balaban J connectivity index is 1.81. The molecule has 1 atom stereocenters. The van der Waals surface area contributed by atoms with Gasteiger partial charge in [0.1, 0.15) is 5.82 Å². The van der Waals surface area contributed by atoms with Crippen LogP contribution in [0.3, 0.4) is 0 Å². The first kappa shape index (κ1) is 16.6. The van der Waals surface area contributed by atoms with E-state index in [1.165, 1.54) is 11.6 Å². The molecule has 0 saturated carbocycles. The van der Waals surface area contributed by atoms with Crippen LogP contribution in [0, 0.1) is 12.7 Å². The Bertz CT molecular complexity index is 814. The highest BCUT2D eigenvalue weighted by molar-refractivity contribution is 7.80. The highest BCUT2D eigenvalue weighted by atomic mass is 32.1. The van der Waals surface area contributed by atoms with Crippen molar-refractivity contribution in [3.8, 4) is 0 Å². The molecular weight excluding hydrogens is 339 g/mol. The lowest BCUT2D eigenvalue weighted by Crippen LogP contribution is -2.32. The minimum atomic E-state index is -0.329. The van der Waals surface area contributed by atoms with Gasteiger partial charge in [-0.3, -0.25) is 0 Å². The van der Waals surface area contributed by atoms with Gasteiger partial charge in [0, 0.05) is 4.88 Å². The Morgan fingerprint density at radius 2 is 1.79 bits per heavy atom. The molecule has 0 aliphatic rings. The Morgan fingerprint density at radius 1 is 1.04 bits per heavy atom. The smallest absolute Gasteiger partial charge is 0.171 e. The molecule has 0 aliphatic heterocycles. The minimum absolute atomic E-state index is 0.0719. The molecule has 2 aromatic carbocycles. The van der Waals surface area contributed by atoms with Crippen molar-refractivity contribution < 1.29 is 4.39 Å². The fourth-order valence-corrected chi connectivity index (χ4v) is 3.42. The predicted octanol–water partition coefficient (Wildman–Crippen LogP) is 5.27. The van der Waals surface area contributed by atoms with E-state index in [0.29, 0.717) is 10.8 Å². The van der Waals surface area contributed by atoms with Gasteiger partial charge >= 0.3 is 0 Å². The van der Waals surface area contributed by atoms with Gasteiger partial charge in [-0.05, 0) is 48.3 Å². The van der Waals surface area contributed by atoms with Gasteiger partial charge in [0.25, 0.3) is 0 Å². The van der Waals surface area contributed by atoms with E-state index in [1.807, 2.05) is 11.4 Å². The number of benzene rings is 2. The molecule has 0 fully saturated rings. The molecule has 2 nitrogen and oxygen atoms in total. The topological polar surface area (TPSA) is 24.1 Å². The normalized spacial score (nSPS) is 11.8. The zero-order valence-corrected chi connectivity index (χ0v) is 14.8. The lowest BCUT2D eigenvalue weighted by molar-refractivity contribution is 0.632. The van der Waals surface area contributed by atoms with Crippen LogP contribution in [-0.4, -0.2) is 5.11 Å². The summed E-state index contributed by atoms with van der Waals surface area (Å²) < 4.78 is 13.8. The van der Waals surface area contributed by atoms with Crippen LogP contribution in [0.1, 0.15) is 22.0 Å². The number of halogens is 1.